The molecular formula is C8H8ClN5O. The summed E-state index contributed by atoms with van der Waals surface area (Å²) in [5.74, 6) is 0.272. The van der Waals surface area contributed by atoms with Gasteiger partial charge in [0.2, 0.25) is 11.6 Å². The molecule has 0 unspecified atom stereocenters. The van der Waals surface area contributed by atoms with Gasteiger partial charge in [-0.25, -0.2) is 9.50 Å². The molecule has 0 saturated carbocycles. The number of nitrogens with zero attached hydrogens (tertiary/aromatic N) is 4. The zero-order valence-electron chi connectivity index (χ0n) is 7.72. The topological polar surface area (TPSA) is 86.2 Å². The summed E-state index contributed by atoms with van der Waals surface area (Å²) >= 11 is 5.71. The number of halogens is 1. The lowest BCUT2D eigenvalue weighted by Gasteiger charge is -1.89. The number of Topliss-reactive ketones (excluding diaryl/α,β-unsaturated/α-hetero) is 1. The molecule has 0 aliphatic heterocycles. The molecule has 2 aromatic heterocycles. The van der Waals surface area contributed by atoms with Crippen LogP contribution in [-0.4, -0.2) is 31.9 Å². The zero-order chi connectivity index (χ0) is 10.8. The molecule has 0 fully saturated rings. The van der Waals surface area contributed by atoms with Gasteiger partial charge in [-0.15, -0.1) is 5.10 Å². The molecule has 0 bridgehead atoms. The molecule has 0 atom stereocenters. The molecular weight excluding hydrogens is 218 g/mol. The van der Waals surface area contributed by atoms with E-state index >= 15 is 0 Å². The van der Waals surface area contributed by atoms with E-state index in [4.69, 9.17) is 17.3 Å². The number of rotatable bonds is 3. The predicted octanol–water partition coefficient (Wildman–Crippen LogP) is 0.309. The van der Waals surface area contributed by atoms with Gasteiger partial charge in [-0.05, 0) is 6.54 Å². The van der Waals surface area contributed by atoms with Crippen LogP contribution >= 0.6 is 11.6 Å². The van der Waals surface area contributed by atoms with Crippen molar-refractivity contribution in [2.24, 2.45) is 5.73 Å². The van der Waals surface area contributed by atoms with Crippen molar-refractivity contribution >= 4 is 23.2 Å². The maximum Gasteiger partial charge on any atom is 0.252 e. The molecule has 6 nitrogen and oxygen atoms in total. The average Bonchev–Trinajstić information content (AvgIpc) is 2.60. The van der Waals surface area contributed by atoms with Crippen molar-refractivity contribution in [3.63, 3.8) is 0 Å². The Morgan fingerprint density at radius 2 is 2.40 bits per heavy atom. The Morgan fingerprint density at radius 3 is 3.13 bits per heavy atom. The largest absolute Gasteiger partial charge is 0.330 e. The smallest absolute Gasteiger partial charge is 0.252 e. The van der Waals surface area contributed by atoms with Crippen LogP contribution in [0.2, 0.25) is 5.02 Å². The fourth-order valence-electron chi connectivity index (χ4n) is 1.12. The Morgan fingerprint density at radius 1 is 1.60 bits per heavy atom. The highest BCUT2D eigenvalue weighted by Crippen LogP contribution is 2.07. The number of hydrogen-bond donors (Lipinski definition) is 1. The second kappa shape index (κ2) is 3.92. The first-order chi connectivity index (χ1) is 7.20. The van der Waals surface area contributed by atoms with Crippen LogP contribution < -0.4 is 5.73 Å². The first-order valence-corrected chi connectivity index (χ1v) is 4.69. The van der Waals surface area contributed by atoms with E-state index in [1.165, 1.54) is 16.9 Å². The van der Waals surface area contributed by atoms with Crippen LogP contribution in [-0.2, 0) is 0 Å². The van der Waals surface area contributed by atoms with Crippen LogP contribution in [0.5, 0.6) is 0 Å². The van der Waals surface area contributed by atoms with Gasteiger partial charge in [0.05, 0.1) is 17.4 Å². The Labute approximate surface area is 90.1 Å². The van der Waals surface area contributed by atoms with Crippen LogP contribution in [0, 0.1) is 0 Å². The van der Waals surface area contributed by atoms with E-state index < -0.39 is 0 Å². The lowest BCUT2D eigenvalue weighted by atomic mass is 10.3. The first-order valence-electron chi connectivity index (χ1n) is 4.32. The van der Waals surface area contributed by atoms with Gasteiger partial charge in [0.25, 0.3) is 5.78 Å². The molecule has 7 heteroatoms. The molecule has 2 heterocycles. The summed E-state index contributed by atoms with van der Waals surface area (Å²) in [6, 6.07) is 0. The Balaban J connectivity index is 2.42. The minimum atomic E-state index is -0.195. The molecule has 0 spiro atoms. The molecule has 2 aromatic rings. The minimum absolute atomic E-state index is 0.121. The monoisotopic (exact) mass is 225 g/mol. The molecule has 2 rings (SSSR count). The van der Waals surface area contributed by atoms with Crippen LogP contribution in [0.4, 0.5) is 0 Å². The summed E-state index contributed by atoms with van der Waals surface area (Å²) in [6.07, 6.45) is 3.21. The van der Waals surface area contributed by atoms with E-state index in [1.54, 1.807) is 0 Å². The summed E-state index contributed by atoms with van der Waals surface area (Å²) in [7, 11) is 0. The standard InChI is InChI=1S/C8H8ClN5O/c9-5-3-11-8-12-7(6(15)1-2-10)13-14(8)4-5/h3-4H,1-2,10H2. The molecule has 2 N–H and O–H groups in total. The number of ketones is 1. The zero-order valence-corrected chi connectivity index (χ0v) is 8.48. The lowest BCUT2D eigenvalue weighted by molar-refractivity contribution is 0.0975. The molecule has 0 aliphatic carbocycles. The predicted molar refractivity (Wildman–Crippen MR) is 53.8 cm³/mol. The SMILES string of the molecule is NCCC(=O)c1nc2ncc(Cl)cn2n1. The van der Waals surface area contributed by atoms with Crippen LogP contribution in [0.1, 0.15) is 17.0 Å². The van der Waals surface area contributed by atoms with Crippen LogP contribution in [0.25, 0.3) is 5.78 Å². The first kappa shape index (κ1) is 10.0. The molecule has 15 heavy (non-hydrogen) atoms. The van der Waals surface area contributed by atoms with Crippen molar-refractivity contribution < 1.29 is 4.79 Å². The fourth-order valence-corrected chi connectivity index (χ4v) is 1.26. The van der Waals surface area contributed by atoms with Gasteiger partial charge in [-0.3, -0.25) is 4.79 Å². The Bertz CT molecular complexity index is 509. The van der Waals surface area contributed by atoms with E-state index in [-0.39, 0.29) is 24.6 Å². The minimum Gasteiger partial charge on any atom is -0.330 e. The fraction of sp³-hybridized carbons (Fsp3) is 0.250. The van der Waals surface area contributed by atoms with Gasteiger partial charge in [0.15, 0.2) is 0 Å². The number of aromatic nitrogens is 4. The Kier molecular flexibility index (Phi) is 2.61. The van der Waals surface area contributed by atoms with E-state index in [0.717, 1.165) is 0 Å². The maximum absolute atomic E-state index is 11.4. The highest BCUT2D eigenvalue weighted by molar-refractivity contribution is 6.30. The van der Waals surface area contributed by atoms with Crippen molar-refractivity contribution in [2.75, 3.05) is 6.54 Å². The van der Waals surface area contributed by atoms with E-state index in [2.05, 4.69) is 15.1 Å². The normalized spacial score (nSPS) is 10.8. The average molecular weight is 226 g/mol. The Hall–Kier alpha value is -1.53. The number of nitrogens with two attached hydrogens (primary N) is 1. The second-order valence-corrected chi connectivity index (χ2v) is 3.35. The molecule has 0 amide bonds. The van der Waals surface area contributed by atoms with Crippen molar-refractivity contribution in [1.29, 1.82) is 0 Å². The quantitative estimate of drug-likeness (QED) is 0.760. The number of hydrogen-bond acceptors (Lipinski definition) is 5. The van der Waals surface area contributed by atoms with E-state index in [1.807, 2.05) is 0 Å². The molecule has 0 aliphatic rings. The number of carbonyl (C=O) groups is 1. The van der Waals surface area contributed by atoms with Crippen molar-refractivity contribution in [3.05, 3.63) is 23.2 Å². The summed E-state index contributed by atoms with van der Waals surface area (Å²) in [4.78, 5) is 19.3. The highest BCUT2D eigenvalue weighted by atomic mass is 35.5. The third-order valence-electron chi connectivity index (χ3n) is 1.78. The van der Waals surface area contributed by atoms with Gasteiger partial charge < -0.3 is 5.73 Å². The third-order valence-corrected chi connectivity index (χ3v) is 1.98. The lowest BCUT2D eigenvalue weighted by Crippen LogP contribution is -2.09. The number of carbonyl (C=O) groups excluding carboxylic acids is 1. The van der Waals surface area contributed by atoms with Gasteiger partial charge in [-0.1, -0.05) is 11.6 Å². The molecule has 78 valence electrons. The van der Waals surface area contributed by atoms with Gasteiger partial charge in [0.1, 0.15) is 0 Å². The van der Waals surface area contributed by atoms with Crippen LogP contribution in [0.3, 0.4) is 0 Å². The summed E-state index contributed by atoms with van der Waals surface area (Å²) < 4.78 is 1.37. The summed E-state index contributed by atoms with van der Waals surface area (Å²) in [5.41, 5.74) is 5.27. The summed E-state index contributed by atoms with van der Waals surface area (Å²) in [5, 5.41) is 4.38. The van der Waals surface area contributed by atoms with Crippen molar-refractivity contribution in [2.45, 2.75) is 6.42 Å². The molecule has 0 aromatic carbocycles. The maximum atomic E-state index is 11.4. The summed E-state index contributed by atoms with van der Waals surface area (Å²) in [6.45, 7) is 0.280. The van der Waals surface area contributed by atoms with E-state index in [0.29, 0.717) is 10.8 Å². The van der Waals surface area contributed by atoms with Gasteiger partial charge in [-0.2, -0.15) is 4.98 Å². The third kappa shape index (κ3) is 1.95. The second-order valence-electron chi connectivity index (χ2n) is 2.91. The molecule has 0 saturated heterocycles. The van der Waals surface area contributed by atoms with Crippen molar-refractivity contribution in [1.82, 2.24) is 19.6 Å². The highest BCUT2D eigenvalue weighted by Gasteiger charge is 2.12. The van der Waals surface area contributed by atoms with Crippen LogP contribution in [0.15, 0.2) is 12.4 Å². The van der Waals surface area contributed by atoms with Crippen molar-refractivity contribution in [3.8, 4) is 0 Å². The van der Waals surface area contributed by atoms with Gasteiger partial charge in [0, 0.05) is 6.42 Å². The molecule has 0 radical (unpaired) electrons. The number of fused-ring (bicyclic) bond motifs is 1. The van der Waals surface area contributed by atoms with E-state index in [9.17, 15) is 4.79 Å². The van der Waals surface area contributed by atoms with Gasteiger partial charge >= 0.3 is 0 Å².